The lowest BCUT2D eigenvalue weighted by Crippen LogP contribution is -2.56. The van der Waals surface area contributed by atoms with Gasteiger partial charge in [0.1, 0.15) is 6.04 Å². The number of ether oxygens (including phenoxy) is 1. The summed E-state index contributed by atoms with van der Waals surface area (Å²) in [6, 6.07) is -0.708. The molecule has 3 aliphatic rings. The van der Waals surface area contributed by atoms with Crippen LogP contribution in [0.15, 0.2) is 25.3 Å². The molecule has 3 heterocycles. The number of likely N-dealkylation sites (tertiary alicyclic amines) is 1. The van der Waals surface area contributed by atoms with E-state index in [0.717, 1.165) is 0 Å². The zero-order chi connectivity index (χ0) is 24.3. The average Bonchev–Trinajstić information content (AvgIpc) is 3.35. The minimum Gasteiger partial charge on any atom is -0.465 e. The molecule has 3 fully saturated rings. The third-order valence-electron chi connectivity index (χ3n) is 6.90. The number of hydrogen-bond acceptors (Lipinski definition) is 6. The molecular formula is C24H35BrN2O5S. The maximum absolute atomic E-state index is 14.0. The maximum atomic E-state index is 14.0. The second-order valence-electron chi connectivity index (χ2n) is 9.24. The number of thioether (sulfide) groups is 1. The molecule has 1 spiro atoms. The Morgan fingerprint density at radius 2 is 2.09 bits per heavy atom. The van der Waals surface area contributed by atoms with Crippen LogP contribution < -0.4 is 0 Å². The molecule has 7 nitrogen and oxygen atoms in total. The fraction of sp³-hybridized carbons (Fsp3) is 0.708. The van der Waals surface area contributed by atoms with E-state index in [9.17, 15) is 19.5 Å². The lowest BCUT2D eigenvalue weighted by Gasteiger charge is -2.39. The van der Waals surface area contributed by atoms with Crippen molar-refractivity contribution in [3.63, 3.8) is 0 Å². The molecule has 184 valence electrons. The molecule has 2 bridgehead atoms. The number of aliphatic hydroxyl groups is 1. The Morgan fingerprint density at radius 1 is 1.36 bits per heavy atom. The predicted molar refractivity (Wildman–Crippen MR) is 133 cm³/mol. The van der Waals surface area contributed by atoms with Gasteiger partial charge in [-0.1, -0.05) is 28.1 Å². The van der Waals surface area contributed by atoms with Crippen LogP contribution >= 0.6 is 27.7 Å². The van der Waals surface area contributed by atoms with Crippen LogP contribution in [-0.2, 0) is 19.1 Å². The SMILES string of the molecule is C=CCCOC(=O)[C@H]1[C@@H]2SC3(CC2Br)C(C(=O)N(CC=C)C(C)C)N(CCCCO)C(=O)[C@H]13. The molecule has 0 aromatic carbocycles. The van der Waals surface area contributed by atoms with Crippen LogP contribution in [0.1, 0.15) is 39.5 Å². The summed E-state index contributed by atoms with van der Waals surface area (Å²) < 4.78 is 4.84. The highest BCUT2D eigenvalue weighted by Crippen LogP contribution is 2.68. The van der Waals surface area contributed by atoms with E-state index >= 15 is 0 Å². The van der Waals surface area contributed by atoms with Crippen molar-refractivity contribution in [1.29, 1.82) is 0 Å². The fourth-order valence-corrected chi connectivity index (χ4v) is 9.10. The van der Waals surface area contributed by atoms with Crippen LogP contribution in [0.25, 0.3) is 0 Å². The third kappa shape index (κ3) is 4.65. The third-order valence-corrected chi connectivity index (χ3v) is 10.1. The molecule has 0 aromatic rings. The van der Waals surface area contributed by atoms with Crippen molar-refractivity contribution >= 4 is 45.5 Å². The van der Waals surface area contributed by atoms with Crippen LogP contribution in [0.3, 0.4) is 0 Å². The molecule has 0 aromatic heterocycles. The Morgan fingerprint density at radius 3 is 2.70 bits per heavy atom. The van der Waals surface area contributed by atoms with E-state index in [1.54, 1.807) is 33.7 Å². The predicted octanol–water partition coefficient (Wildman–Crippen LogP) is 2.77. The first-order valence-corrected chi connectivity index (χ1v) is 13.5. The Kier molecular flexibility index (Phi) is 8.72. The number of halogens is 1. The average molecular weight is 544 g/mol. The summed E-state index contributed by atoms with van der Waals surface area (Å²) in [5.74, 6) is -1.78. The number of fused-ring (bicyclic) bond motifs is 1. The summed E-state index contributed by atoms with van der Waals surface area (Å²) in [5, 5.41) is 9.15. The Balaban J connectivity index is 1.99. The van der Waals surface area contributed by atoms with Gasteiger partial charge in [-0.15, -0.1) is 24.9 Å². The van der Waals surface area contributed by atoms with Gasteiger partial charge >= 0.3 is 5.97 Å². The number of alkyl halides is 1. The standard InChI is InChI=1S/C24H35BrN2O5S/c1-5-7-13-32-23(31)17-18-21(29)27(11-8-9-12-28)20(22(30)26(10-6-2)15(3)4)24(18)14-16(25)19(17)33-24/h5-6,15-20,28H,1-2,7-14H2,3-4H3/t16?,17-,18+,19-,20?,24?/m1/s1. The molecule has 9 heteroatoms. The summed E-state index contributed by atoms with van der Waals surface area (Å²) in [5.41, 5.74) is 0. The molecule has 0 radical (unpaired) electrons. The van der Waals surface area contributed by atoms with E-state index in [1.807, 2.05) is 13.8 Å². The normalized spacial score (nSPS) is 32.2. The van der Waals surface area contributed by atoms with Crippen LogP contribution in [-0.4, -0.2) is 85.9 Å². The van der Waals surface area contributed by atoms with Gasteiger partial charge in [-0.2, -0.15) is 0 Å². The highest BCUT2D eigenvalue weighted by Gasteiger charge is 2.76. The first-order chi connectivity index (χ1) is 15.7. The summed E-state index contributed by atoms with van der Waals surface area (Å²) >= 11 is 5.36. The minimum absolute atomic E-state index is 0.0168. The van der Waals surface area contributed by atoms with Crippen molar-refractivity contribution in [3.05, 3.63) is 25.3 Å². The molecule has 1 N–H and O–H groups in total. The van der Waals surface area contributed by atoms with E-state index < -0.39 is 22.6 Å². The number of aliphatic hydroxyl groups excluding tert-OH is 1. The summed E-state index contributed by atoms with van der Waals surface area (Å²) in [6.07, 6.45) is 5.73. The monoisotopic (exact) mass is 542 g/mol. The number of esters is 1. The smallest absolute Gasteiger partial charge is 0.310 e. The molecule has 0 saturated carbocycles. The minimum atomic E-state index is -0.678. The van der Waals surface area contributed by atoms with Gasteiger partial charge in [0.05, 0.1) is 23.2 Å². The molecule has 3 unspecified atom stereocenters. The van der Waals surface area contributed by atoms with Crippen molar-refractivity contribution in [3.8, 4) is 0 Å². The van der Waals surface area contributed by atoms with E-state index in [1.165, 1.54) is 0 Å². The highest BCUT2D eigenvalue weighted by molar-refractivity contribution is 9.09. The second-order valence-corrected chi connectivity index (χ2v) is 12.0. The summed E-state index contributed by atoms with van der Waals surface area (Å²) in [4.78, 5) is 44.3. The van der Waals surface area contributed by atoms with Gasteiger partial charge in [0, 0.05) is 35.8 Å². The highest BCUT2D eigenvalue weighted by atomic mass is 79.9. The van der Waals surface area contributed by atoms with Gasteiger partial charge in [0.15, 0.2) is 0 Å². The van der Waals surface area contributed by atoms with Crippen molar-refractivity contribution in [2.24, 2.45) is 11.8 Å². The zero-order valence-corrected chi connectivity index (χ0v) is 21.9. The van der Waals surface area contributed by atoms with E-state index in [-0.39, 0.29) is 47.1 Å². The second kappa shape index (κ2) is 11.0. The number of hydrogen-bond donors (Lipinski definition) is 1. The quantitative estimate of drug-likeness (QED) is 0.176. The molecule has 3 saturated heterocycles. The summed E-state index contributed by atoms with van der Waals surface area (Å²) in [6.45, 7) is 12.4. The Bertz CT molecular complexity index is 793. The van der Waals surface area contributed by atoms with Crippen LogP contribution in [0.5, 0.6) is 0 Å². The number of nitrogens with zero attached hydrogens (tertiary/aromatic N) is 2. The van der Waals surface area contributed by atoms with E-state index in [0.29, 0.717) is 38.8 Å². The Hall–Kier alpha value is -1.32. The molecule has 3 rings (SSSR count). The molecular weight excluding hydrogens is 508 g/mol. The first kappa shape index (κ1) is 26.3. The lowest BCUT2D eigenvalue weighted by atomic mass is 9.71. The van der Waals surface area contributed by atoms with Gasteiger partial charge in [0.2, 0.25) is 11.8 Å². The van der Waals surface area contributed by atoms with Gasteiger partial charge in [-0.05, 0) is 39.5 Å². The van der Waals surface area contributed by atoms with Gasteiger partial charge in [-0.25, -0.2) is 0 Å². The zero-order valence-electron chi connectivity index (χ0n) is 19.5. The molecule has 6 atom stereocenters. The van der Waals surface area contributed by atoms with Gasteiger partial charge < -0.3 is 19.6 Å². The molecule has 3 aliphatic heterocycles. The van der Waals surface area contributed by atoms with Crippen molar-refractivity contribution in [1.82, 2.24) is 9.80 Å². The molecule has 33 heavy (non-hydrogen) atoms. The number of carbonyl (C=O) groups is 3. The first-order valence-electron chi connectivity index (χ1n) is 11.7. The van der Waals surface area contributed by atoms with Crippen LogP contribution in [0.4, 0.5) is 0 Å². The van der Waals surface area contributed by atoms with Crippen LogP contribution in [0.2, 0.25) is 0 Å². The van der Waals surface area contributed by atoms with Gasteiger partial charge in [0.25, 0.3) is 0 Å². The molecule has 2 amide bonds. The fourth-order valence-electron chi connectivity index (χ4n) is 5.50. The number of carbonyl (C=O) groups excluding carboxylic acids is 3. The lowest BCUT2D eigenvalue weighted by molar-refractivity contribution is -0.154. The van der Waals surface area contributed by atoms with Crippen molar-refractivity contribution < 1.29 is 24.2 Å². The maximum Gasteiger partial charge on any atom is 0.310 e. The Labute approximate surface area is 209 Å². The van der Waals surface area contributed by atoms with E-state index in [2.05, 4.69) is 29.1 Å². The molecule has 0 aliphatic carbocycles. The number of unbranched alkanes of at least 4 members (excludes halogenated alkanes) is 1. The largest absolute Gasteiger partial charge is 0.465 e. The topological polar surface area (TPSA) is 87.2 Å². The number of amides is 2. The van der Waals surface area contributed by atoms with Gasteiger partial charge in [-0.3, -0.25) is 14.4 Å². The number of rotatable bonds is 12. The van der Waals surface area contributed by atoms with Crippen LogP contribution in [0, 0.1) is 11.8 Å². The van der Waals surface area contributed by atoms with E-state index in [4.69, 9.17) is 4.74 Å². The van der Waals surface area contributed by atoms with Crippen molar-refractivity contribution in [2.45, 2.75) is 66.4 Å². The summed E-state index contributed by atoms with van der Waals surface area (Å²) in [7, 11) is 0. The van der Waals surface area contributed by atoms with Crippen molar-refractivity contribution in [2.75, 3.05) is 26.3 Å².